The standard InChI is InChI=1S/C9H14O2/c10-8-5-3-1-2-4-6-9(11)7-8/h7,10H,1-6H2/b8-7-. The molecule has 0 aromatic heterocycles. The van der Waals surface area contributed by atoms with Crippen LogP contribution in [0.3, 0.4) is 0 Å². The first-order valence-electron chi connectivity index (χ1n) is 4.21. The maximum absolute atomic E-state index is 11.0. The van der Waals surface area contributed by atoms with Crippen molar-refractivity contribution in [2.75, 3.05) is 0 Å². The molecule has 0 spiro atoms. The van der Waals surface area contributed by atoms with Gasteiger partial charge in [0.1, 0.15) is 0 Å². The van der Waals surface area contributed by atoms with E-state index >= 15 is 0 Å². The van der Waals surface area contributed by atoms with Crippen molar-refractivity contribution in [1.29, 1.82) is 0 Å². The Kier molecular flexibility index (Phi) is 3.14. The Morgan fingerprint density at radius 2 is 1.73 bits per heavy atom. The number of aliphatic hydroxyl groups is 1. The fraction of sp³-hybridized carbons (Fsp3) is 0.667. The third kappa shape index (κ3) is 3.21. The zero-order valence-corrected chi connectivity index (χ0v) is 6.68. The summed E-state index contributed by atoms with van der Waals surface area (Å²) < 4.78 is 0. The first-order chi connectivity index (χ1) is 5.29. The SMILES string of the molecule is O=C1/C=C(\O)CCCCCC1. The smallest absolute Gasteiger partial charge is 0.159 e. The summed E-state index contributed by atoms with van der Waals surface area (Å²) in [6.45, 7) is 0. The second-order valence-electron chi connectivity index (χ2n) is 3.02. The van der Waals surface area contributed by atoms with Gasteiger partial charge in [-0.25, -0.2) is 0 Å². The third-order valence-corrected chi connectivity index (χ3v) is 1.93. The Morgan fingerprint density at radius 3 is 2.45 bits per heavy atom. The van der Waals surface area contributed by atoms with E-state index in [0.717, 1.165) is 25.7 Å². The Labute approximate surface area is 66.9 Å². The average Bonchev–Trinajstić information content (AvgIpc) is 2.02. The monoisotopic (exact) mass is 154 g/mol. The summed E-state index contributed by atoms with van der Waals surface area (Å²) in [7, 11) is 0. The average molecular weight is 154 g/mol. The molecule has 0 heterocycles. The molecule has 2 nitrogen and oxygen atoms in total. The lowest BCUT2D eigenvalue weighted by molar-refractivity contribution is -0.114. The van der Waals surface area contributed by atoms with Gasteiger partial charge in [-0.3, -0.25) is 4.79 Å². The highest BCUT2D eigenvalue weighted by molar-refractivity contribution is 5.89. The summed E-state index contributed by atoms with van der Waals surface area (Å²) in [5.74, 6) is 0.335. The summed E-state index contributed by atoms with van der Waals surface area (Å²) >= 11 is 0. The van der Waals surface area contributed by atoms with Gasteiger partial charge in [-0.15, -0.1) is 0 Å². The molecule has 0 saturated carbocycles. The van der Waals surface area contributed by atoms with Gasteiger partial charge in [-0.1, -0.05) is 12.8 Å². The first kappa shape index (κ1) is 8.31. The summed E-state index contributed by atoms with van der Waals surface area (Å²) in [6.07, 6.45) is 6.89. The number of hydrogen-bond acceptors (Lipinski definition) is 2. The van der Waals surface area contributed by atoms with Crippen molar-refractivity contribution in [2.24, 2.45) is 0 Å². The van der Waals surface area contributed by atoms with Gasteiger partial charge in [0.2, 0.25) is 0 Å². The van der Waals surface area contributed by atoms with Gasteiger partial charge in [-0.2, -0.15) is 0 Å². The lowest BCUT2D eigenvalue weighted by Gasteiger charge is -1.95. The highest BCUT2D eigenvalue weighted by Crippen LogP contribution is 2.13. The van der Waals surface area contributed by atoms with Crippen molar-refractivity contribution >= 4 is 5.78 Å². The summed E-state index contributed by atoms with van der Waals surface area (Å²) in [5, 5.41) is 9.15. The summed E-state index contributed by atoms with van der Waals surface area (Å²) in [4.78, 5) is 11.0. The van der Waals surface area contributed by atoms with Crippen LogP contribution in [0.2, 0.25) is 0 Å². The number of carbonyl (C=O) groups is 1. The lowest BCUT2D eigenvalue weighted by atomic mass is 10.1. The molecule has 0 radical (unpaired) electrons. The molecule has 0 saturated heterocycles. The molecule has 0 bridgehead atoms. The van der Waals surface area contributed by atoms with Crippen molar-refractivity contribution < 1.29 is 9.90 Å². The molecule has 1 N–H and O–H groups in total. The van der Waals surface area contributed by atoms with Gasteiger partial charge < -0.3 is 5.11 Å². The Balaban J connectivity index is 2.50. The van der Waals surface area contributed by atoms with E-state index in [1.54, 1.807) is 0 Å². The van der Waals surface area contributed by atoms with Crippen molar-refractivity contribution in [3.63, 3.8) is 0 Å². The number of carbonyl (C=O) groups excluding carboxylic acids is 1. The van der Waals surface area contributed by atoms with Gasteiger partial charge in [0.15, 0.2) is 5.78 Å². The molecule has 11 heavy (non-hydrogen) atoms. The quantitative estimate of drug-likeness (QED) is 0.581. The van der Waals surface area contributed by atoms with Crippen LogP contribution in [-0.2, 0) is 4.79 Å². The maximum Gasteiger partial charge on any atom is 0.159 e. The van der Waals surface area contributed by atoms with Gasteiger partial charge in [0, 0.05) is 18.9 Å². The predicted molar refractivity (Wildman–Crippen MR) is 43.4 cm³/mol. The molecular weight excluding hydrogens is 140 g/mol. The lowest BCUT2D eigenvalue weighted by Crippen LogP contribution is -1.93. The first-order valence-corrected chi connectivity index (χ1v) is 4.21. The third-order valence-electron chi connectivity index (χ3n) is 1.93. The number of aliphatic hydroxyl groups excluding tert-OH is 1. The molecule has 1 aliphatic carbocycles. The van der Waals surface area contributed by atoms with Crippen molar-refractivity contribution in [3.05, 3.63) is 11.8 Å². The number of ketones is 1. The van der Waals surface area contributed by atoms with E-state index in [0.29, 0.717) is 12.8 Å². The Morgan fingerprint density at radius 1 is 1.09 bits per heavy atom. The van der Waals surface area contributed by atoms with E-state index in [1.807, 2.05) is 0 Å². The van der Waals surface area contributed by atoms with E-state index in [-0.39, 0.29) is 11.5 Å². The normalized spacial score (nSPS) is 26.2. The van der Waals surface area contributed by atoms with Crippen LogP contribution in [0.15, 0.2) is 11.8 Å². The molecule has 62 valence electrons. The molecule has 0 aromatic carbocycles. The largest absolute Gasteiger partial charge is 0.512 e. The van der Waals surface area contributed by atoms with Crippen LogP contribution in [0.5, 0.6) is 0 Å². The summed E-state index contributed by atoms with van der Waals surface area (Å²) in [5.41, 5.74) is 0. The minimum atomic E-state index is 0.0735. The molecule has 0 aromatic rings. The second-order valence-corrected chi connectivity index (χ2v) is 3.02. The van der Waals surface area contributed by atoms with Crippen molar-refractivity contribution in [2.45, 2.75) is 38.5 Å². The molecule has 0 amide bonds. The summed E-state index contributed by atoms with van der Waals surface area (Å²) in [6, 6.07) is 0. The van der Waals surface area contributed by atoms with E-state index < -0.39 is 0 Å². The van der Waals surface area contributed by atoms with E-state index in [1.165, 1.54) is 6.08 Å². The van der Waals surface area contributed by atoms with E-state index in [4.69, 9.17) is 5.11 Å². The van der Waals surface area contributed by atoms with Gasteiger partial charge in [-0.05, 0) is 12.8 Å². The molecule has 0 unspecified atom stereocenters. The van der Waals surface area contributed by atoms with Crippen molar-refractivity contribution in [1.82, 2.24) is 0 Å². The van der Waals surface area contributed by atoms with E-state index in [9.17, 15) is 4.79 Å². The van der Waals surface area contributed by atoms with Gasteiger partial charge >= 0.3 is 0 Å². The molecule has 0 atom stereocenters. The number of hydrogen-bond donors (Lipinski definition) is 1. The molecule has 1 aliphatic rings. The van der Waals surface area contributed by atoms with Crippen LogP contribution < -0.4 is 0 Å². The molecule has 0 fully saturated rings. The van der Waals surface area contributed by atoms with Gasteiger partial charge in [0.05, 0.1) is 5.76 Å². The highest BCUT2D eigenvalue weighted by Gasteiger charge is 2.04. The Hall–Kier alpha value is -0.790. The maximum atomic E-state index is 11.0. The molecular formula is C9H14O2. The highest BCUT2D eigenvalue weighted by atomic mass is 16.3. The Bertz CT molecular complexity index is 170. The van der Waals surface area contributed by atoms with Crippen molar-refractivity contribution in [3.8, 4) is 0 Å². The van der Waals surface area contributed by atoms with Crippen LogP contribution >= 0.6 is 0 Å². The predicted octanol–water partition coefficient (Wildman–Crippen LogP) is 2.35. The molecule has 0 aliphatic heterocycles. The van der Waals surface area contributed by atoms with E-state index in [2.05, 4.69) is 0 Å². The van der Waals surface area contributed by atoms with Crippen LogP contribution in [0, 0.1) is 0 Å². The van der Waals surface area contributed by atoms with Crippen LogP contribution in [0.4, 0.5) is 0 Å². The zero-order valence-electron chi connectivity index (χ0n) is 6.68. The molecule has 2 heteroatoms. The fourth-order valence-corrected chi connectivity index (χ4v) is 1.29. The van der Waals surface area contributed by atoms with Crippen LogP contribution in [0.25, 0.3) is 0 Å². The van der Waals surface area contributed by atoms with Crippen LogP contribution in [-0.4, -0.2) is 10.9 Å². The molecule has 1 rings (SSSR count). The van der Waals surface area contributed by atoms with Gasteiger partial charge in [0.25, 0.3) is 0 Å². The minimum Gasteiger partial charge on any atom is -0.512 e. The zero-order chi connectivity index (χ0) is 8.10. The minimum absolute atomic E-state index is 0.0735. The van der Waals surface area contributed by atoms with Crippen LogP contribution in [0.1, 0.15) is 38.5 Å². The number of allylic oxidation sites excluding steroid dienone is 2. The fourth-order valence-electron chi connectivity index (χ4n) is 1.29. The number of rotatable bonds is 0. The topological polar surface area (TPSA) is 37.3 Å². The second kappa shape index (κ2) is 4.16.